The Morgan fingerprint density at radius 3 is 2.21 bits per heavy atom. The Hall–Kier alpha value is -5.35. The van der Waals surface area contributed by atoms with Gasteiger partial charge in [-0.15, -0.1) is 11.8 Å². The lowest BCUT2D eigenvalue weighted by molar-refractivity contribution is -0.114. The molecule has 1 aromatic heterocycles. The zero-order valence-corrected chi connectivity index (χ0v) is 27.4. The van der Waals surface area contributed by atoms with Gasteiger partial charge in [-0.3, -0.25) is 14.4 Å². The molecular weight excluding hydrogens is 667 g/mol. The number of anilines is 2. The predicted molar refractivity (Wildman–Crippen MR) is 192 cm³/mol. The molecule has 6 aromatic rings. The SMILES string of the molecule is O=C(CSc1cccc(NC(=O)/C(=C\c2c(Cl)cccc2Cl)NC(=O)c2ccccc2)c1)Nc1ccc(-c2nc3ccccc3o2)cc1. The van der Waals surface area contributed by atoms with Crippen LogP contribution in [0.5, 0.6) is 0 Å². The predicted octanol–water partition coefficient (Wildman–Crippen LogP) is 8.94. The van der Waals surface area contributed by atoms with Crippen LogP contribution in [0.25, 0.3) is 28.6 Å². The molecule has 0 aliphatic carbocycles. The second-order valence-corrected chi connectivity index (χ2v) is 12.3. The van der Waals surface area contributed by atoms with Crippen LogP contribution in [0.4, 0.5) is 11.4 Å². The van der Waals surface area contributed by atoms with Gasteiger partial charge in [-0.05, 0) is 84.9 Å². The quantitative estimate of drug-likeness (QED) is 0.0976. The summed E-state index contributed by atoms with van der Waals surface area (Å²) in [6.07, 6.45) is 1.43. The summed E-state index contributed by atoms with van der Waals surface area (Å²) < 4.78 is 5.82. The topological polar surface area (TPSA) is 113 Å². The monoisotopic (exact) mass is 692 g/mol. The molecule has 0 fully saturated rings. The number of nitrogens with zero attached hydrogens (tertiary/aromatic N) is 1. The van der Waals surface area contributed by atoms with Crippen molar-refractivity contribution >= 4 is 81.2 Å². The minimum atomic E-state index is -0.587. The molecule has 0 saturated carbocycles. The normalized spacial score (nSPS) is 11.2. The first-order valence-electron chi connectivity index (χ1n) is 14.6. The summed E-state index contributed by atoms with van der Waals surface area (Å²) in [6.45, 7) is 0. The number of para-hydroxylation sites is 2. The summed E-state index contributed by atoms with van der Waals surface area (Å²) >= 11 is 14.0. The molecule has 0 radical (unpaired) electrons. The summed E-state index contributed by atoms with van der Waals surface area (Å²) in [5.41, 5.74) is 4.08. The molecule has 11 heteroatoms. The van der Waals surface area contributed by atoms with Crippen molar-refractivity contribution in [2.45, 2.75) is 4.90 Å². The molecule has 8 nitrogen and oxygen atoms in total. The Bertz CT molecular complexity index is 2100. The molecule has 3 N–H and O–H groups in total. The van der Waals surface area contributed by atoms with Crippen LogP contribution in [0.15, 0.2) is 136 Å². The van der Waals surface area contributed by atoms with E-state index in [1.54, 1.807) is 78.9 Å². The van der Waals surface area contributed by atoms with E-state index >= 15 is 0 Å². The van der Waals surface area contributed by atoms with E-state index in [1.165, 1.54) is 17.8 Å². The average molecular weight is 694 g/mol. The molecule has 6 rings (SSSR count). The molecular formula is C37H26Cl2N4O4S. The number of aromatic nitrogens is 1. The van der Waals surface area contributed by atoms with Gasteiger partial charge in [0.2, 0.25) is 11.8 Å². The van der Waals surface area contributed by atoms with Crippen molar-refractivity contribution in [1.29, 1.82) is 0 Å². The van der Waals surface area contributed by atoms with E-state index in [-0.39, 0.29) is 17.4 Å². The fourth-order valence-electron chi connectivity index (χ4n) is 4.64. The lowest BCUT2D eigenvalue weighted by atomic mass is 10.1. The maximum absolute atomic E-state index is 13.5. The maximum atomic E-state index is 13.5. The molecule has 0 aliphatic heterocycles. The first-order valence-corrected chi connectivity index (χ1v) is 16.4. The Labute approximate surface area is 290 Å². The lowest BCUT2D eigenvalue weighted by Gasteiger charge is -2.13. The molecule has 0 aliphatic rings. The fraction of sp³-hybridized carbons (Fsp3) is 0.0270. The highest BCUT2D eigenvalue weighted by molar-refractivity contribution is 8.00. The molecule has 238 valence electrons. The minimum absolute atomic E-state index is 0.0570. The van der Waals surface area contributed by atoms with Crippen LogP contribution >= 0.6 is 35.0 Å². The first kappa shape index (κ1) is 32.6. The first-order chi connectivity index (χ1) is 23.3. The van der Waals surface area contributed by atoms with E-state index in [2.05, 4.69) is 20.9 Å². The number of benzene rings is 5. The van der Waals surface area contributed by atoms with Crippen LogP contribution in [0, 0.1) is 0 Å². The number of halogens is 2. The molecule has 0 unspecified atom stereocenters. The molecule has 0 spiro atoms. The summed E-state index contributed by atoms with van der Waals surface area (Å²) in [6, 6.07) is 35.3. The number of carbonyl (C=O) groups excluding carboxylic acids is 3. The Balaban J connectivity index is 1.09. The number of carbonyl (C=O) groups is 3. The number of amides is 3. The molecule has 5 aromatic carbocycles. The number of nitrogens with one attached hydrogen (secondary N) is 3. The van der Waals surface area contributed by atoms with Crippen molar-refractivity contribution in [3.8, 4) is 11.5 Å². The van der Waals surface area contributed by atoms with Crippen molar-refractivity contribution in [1.82, 2.24) is 10.3 Å². The van der Waals surface area contributed by atoms with Gasteiger partial charge < -0.3 is 20.4 Å². The average Bonchev–Trinajstić information content (AvgIpc) is 3.54. The number of rotatable bonds is 10. The van der Waals surface area contributed by atoms with Crippen molar-refractivity contribution in [2.24, 2.45) is 0 Å². The van der Waals surface area contributed by atoms with E-state index < -0.39 is 11.8 Å². The van der Waals surface area contributed by atoms with E-state index in [0.717, 1.165) is 16.0 Å². The van der Waals surface area contributed by atoms with Gasteiger partial charge in [-0.25, -0.2) is 4.98 Å². The van der Waals surface area contributed by atoms with Gasteiger partial charge in [0, 0.05) is 43.0 Å². The van der Waals surface area contributed by atoms with Gasteiger partial charge in [0.15, 0.2) is 5.58 Å². The van der Waals surface area contributed by atoms with Gasteiger partial charge in [0.25, 0.3) is 11.8 Å². The largest absolute Gasteiger partial charge is 0.436 e. The van der Waals surface area contributed by atoms with E-state index in [4.69, 9.17) is 27.6 Å². The highest BCUT2D eigenvalue weighted by Gasteiger charge is 2.17. The zero-order chi connectivity index (χ0) is 33.5. The maximum Gasteiger partial charge on any atom is 0.272 e. The highest BCUT2D eigenvalue weighted by atomic mass is 35.5. The van der Waals surface area contributed by atoms with Crippen LogP contribution in [0.3, 0.4) is 0 Å². The van der Waals surface area contributed by atoms with Crippen LogP contribution < -0.4 is 16.0 Å². The molecule has 0 bridgehead atoms. The van der Waals surface area contributed by atoms with Gasteiger partial charge in [-0.1, -0.05) is 65.7 Å². The second kappa shape index (κ2) is 15.0. The molecule has 0 atom stereocenters. The highest BCUT2D eigenvalue weighted by Crippen LogP contribution is 2.28. The Kier molecular flexibility index (Phi) is 10.2. The van der Waals surface area contributed by atoms with Crippen LogP contribution in [-0.2, 0) is 9.59 Å². The third-order valence-electron chi connectivity index (χ3n) is 6.99. The van der Waals surface area contributed by atoms with Gasteiger partial charge in [0.1, 0.15) is 11.2 Å². The molecule has 48 heavy (non-hydrogen) atoms. The summed E-state index contributed by atoms with van der Waals surface area (Å²) in [5.74, 6) is -0.624. The van der Waals surface area contributed by atoms with Crippen LogP contribution in [-0.4, -0.2) is 28.5 Å². The van der Waals surface area contributed by atoms with Crippen molar-refractivity contribution in [3.63, 3.8) is 0 Å². The van der Waals surface area contributed by atoms with Crippen LogP contribution in [0.2, 0.25) is 10.0 Å². The number of fused-ring (bicyclic) bond motifs is 1. The smallest absolute Gasteiger partial charge is 0.272 e. The van der Waals surface area contributed by atoms with Crippen LogP contribution in [0.1, 0.15) is 15.9 Å². The molecule has 1 heterocycles. The number of oxazole rings is 1. The van der Waals surface area contributed by atoms with Gasteiger partial charge in [-0.2, -0.15) is 0 Å². The number of thioether (sulfide) groups is 1. The van der Waals surface area contributed by atoms with Gasteiger partial charge in [0.05, 0.1) is 5.75 Å². The zero-order valence-electron chi connectivity index (χ0n) is 25.1. The standard InChI is InChI=1S/C37H26Cl2N4O4S/c38-29-12-7-13-30(39)28(29)21-32(42-35(45)23-8-2-1-3-9-23)36(46)41-26-10-6-11-27(20-26)48-22-34(44)40-25-18-16-24(17-19-25)37-43-31-14-4-5-15-33(31)47-37/h1-21H,22H2,(H,40,44)(H,41,46)(H,42,45)/b32-21+. The third-order valence-corrected chi connectivity index (χ3v) is 8.64. The second-order valence-electron chi connectivity index (χ2n) is 10.4. The van der Waals surface area contributed by atoms with E-state index in [1.807, 2.05) is 42.5 Å². The number of hydrogen-bond acceptors (Lipinski definition) is 6. The number of hydrogen-bond donors (Lipinski definition) is 3. The molecule has 0 saturated heterocycles. The Morgan fingerprint density at radius 1 is 0.750 bits per heavy atom. The minimum Gasteiger partial charge on any atom is -0.436 e. The molecule has 3 amide bonds. The summed E-state index contributed by atoms with van der Waals surface area (Å²) in [5, 5.41) is 9.02. The van der Waals surface area contributed by atoms with Crippen molar-refractivity contribution in [3.05, 3.63) is 148 Å². The van der Waals surface area contributed by atoms with E-state index in [9.17, 15) is 14.4 Å². The van der Waals surface area contributed by atoms with Gasteiger partial charge >= 0.3 is 0 Å². The van der Waals surface area contributed by atoms with E-state index in [0.29, 0.717) is 44.0 Å². The summed E-state index contributed by atoms with van der Waals surface area (Å²) in [4.78, 5) is 44.5. The Morgan fingerprint density at radius 2 is 1.46 bits per heavy atom. The summed E-state index contributed by atoms with van der Waals surface area (Å²) in [7, 11) is 0. The van der Waals surface area contributed by atoms with Crippen molar-refractivity contribution < 1.29 is 18.8 Å². The third kappa shape index (κ3) is 8.13. The fourth-order valence-corrected chi connectivity index (χ4v) is 5.90. The lowest BCUT2D eigenvalue weighted by Crippen LogP contribution is -2.30. The van der Waals surface area contributed by atoms with Crippen molar-refractivity contribution in [2.75, 3.05) is 16.4 Å².